The third-order valence-corrected chi connectivity index (χ3v) is 5.79. The summed E-state index contributed by atoms with van der Waals surface area (Å²) in [6, 6.07) is 6.50. The Morgan fingerprint density at radius 1 is 1.14 bits per heavy atom. The number of nitrogens with one attached hydrogen (secondary N) is 2. The number of hydrogen-bond acceptors (Lipinski definition) is 4. The molecule has 2 N–H and O–H groups in total. The van der Waals surface area contributed by atoms with Crippen molar-refractivity contribution in [2.75, 3.05) is 26.4 Å². The zero-order chi connectivity index (χ0) is 20.6. The number of hydrogen-bond donors (Lipinski definition) is 2. The fourth-order valence-corrected chi connectivity index (χ4v) is 4.18. The Morgan fingerprint density at radius 2 is 1.75 bits per heavy atom. The fourth-order valence-electron chi connectivity index (χ4n) is 3.22. The van der Waals surface area contributed by atoms with Crippen LogP contribution in [0, 0.1) is 6.92 Å². The first-order valence-corrected chi connectivity index (χ1v) is 11.4. The van der Waals surface area contributed by atoms with E-state index in [0.29, 0.717) is 23.5 Å². The smallest absolute Gasteiger partial charge is 0.191 e. The van der Waals surface area contributed by atoms with Crippen molar-refractivity contribution in [2.24, 2.45) is 4.99 Å². The molecule has 6 nitrogen and oxygen atoms in total. The van der Waals surface area contributed by atoms with Crippen molar-refractivity contribution in [3.8, 4) is 0 Å². The molecule has 0 radical (unpaired) electrons. The van der Waals surface area contributed by atoms with E-state index in [-0.39, 0.29) is 24.0 Å². The van der Waals surface area contributed by atoms with Crippen LogP contribution in [-0.4, -0.2) is 57.8 Å². The monoisotopic (exact) mass is 524 g/mol. The number of rotatable bonds is 9. The zero-order valence-electron chi connectivity index (χ0n) is 18.2. The number of nitrogens with zero attached hydrogens (tertiary/aromatic N) is 2. The van der Waals surface area contributed by atoms with Gasteiger partial charge in [-0.3, -0.25) is 9.89 Å². The molecule has 1 aromatic carbocycles. The lowest BCUT2D eigenvalue weighted by molar-refractivity contribution is 0.173. The van der Waals surface area contributed by atoms with Crippen LogP contribution < -0.4 is 10.6 Å². The van der Waals surface area contributed by atoms with Gasteiger partial charge in [-0.05, 0) is 58.2 Å². The largest absolute Gasteiger partial charge is 0.356 e. The second-order valence-corrected chi connectivity index (χ2v) is 9.49. The number of halogens is 1. The number of benzene rings is 1. The van der Waals surface area contributed by atoms with Crippen LogP contribution in [0.2, 0.25) is 0 Å². The summed E-state index contributed by atoms with van der Waals surface area (Å²) in [6.07, 6.45) is 2.28. The van der Waals surface area contributed by atoms with Crippen LogP contribution in [0.5, 0.6) is 0 Å². The Balaban J connectivity index is 0.00000729. The van der Waals surface area contributed by atoms with Crippen LogP contribution >= 0.6 is 24.0 Å². The topological polar surface area (TPSA) is 73.8 Å². The van der Waals surface area contributed by atoms with E-state index in [2.05, 4.69) is 48.2 Å². The molecule has 0 aliphatic heterocycles. The summed E-state index contributed by atoms with van der Waals surface area (Å²) in [5, 5.41) is 6.62. The Labute approximate surface area is 188 Å². The van der Waals surface area contributed by atoms with Gasteiger partial charge < -0.3 is 10.6 Å². The summed E-state index contributed by atoms with van der Waals surface area (Å²) in [4.78, 5) is 7.11. The Morgan fingerprint density at radius 3 is 2.21 bits per heavy atom. The maximum atomic E-state index is 11.7. The van der Waals surface area contributed by atoms with Crippen molar-refractivity contribution >= 4 is 39.8 Å². The normalized spacial score (nSPS) is 12.4. The molecule has 0 fully saturated rings. The van der Waals surface area contributed by atoms with Crippen LogP contribution in [0.15, 0.2) is 28.1 Å². The minimum absolute atomic E-state index is 0. The quantitative estimate of drug-likeness (QED) is 0.225. The SMILES string of the molecule is CN=C(NCCCN(C(C)C)C(C)C)NCc1ccc(S(C)(=O)=O)c(C)c1.I. The summed E-state index contributed by atoms with van der Waals surface area (Å²) >= 11 is 0. The van der Waals surface area contributed by atoms with E-state index in [4.69, 9.17) is 0 Å². The predicted octanol–water partition coefficient (Wildman–Crippen LogP) is 3.19. The molecule has 1 aromatic rings. The van der Waals surface area contributed by atoms with Crippen LogP contribution in [0.4, 0.5) is 0 Å². The first-order chi connectivity index (χ1) is 12.6. The molecule has 0 amide bonds. The average Bonchev–Trinajstić information content (AvgIpc) is 2.55. The Bertz CT molecular complexity index is 726. The average molecular weight is 525 g/mol. The lowest BCUT2D eigenvalue weighted by Crippen LogP contribution is -2.41. The Kier molecular flexibility index (Phi) is 12.2. The van der Waals surface area contributed by atoms with Gasteiger partial charge in [0.2, 0.25) is 0 Å². The molecule has 0 saturated carbocycles. The number of aliphatic imine (C=N–C) groups is 1. The highest BCUT2D eigenvalue weighted by molar-refractivity contribution is 14.0. The first-order valence-electron chi connectivity index (χ1n) is 9.56. The van der Waals surface area contributed by atoms with E-state index in [1.165, 1.54) is 6.26 Å². The van der Waals surface area contributed by atoms with E-state index in [0.717, 1.165) is 36.6 Å². The lowest BCUT2D eigenvalue weighted by atomic mass is 10.1. The van der Waals surface area contributed by atoms with Gasteiger partial charge in [-0.1, -0.05) is 12.1 Å². The molecule has 0 aliphatic rings. The Hall–Kier alpha value is -0.870. The highest BCUT2D eigenvalue weighted by atomic mass is 127. The number of aryl methyl sites for hydroxylation is 1. The van der Waals surface area contributed by atoms with Crippen molar-refractivity contribution in [2.45, 2.75) is 64.6 Å². The molecule has 1 rings (SSSR count). The van der Waals surface area contributed by atoms with Gasteiger partial charge in [-0.25, -0.2) is 8.42 Å². The van der Waals surface area contributed by atoms with Crippen molar-refractivity contribution in [1.82, 2.24) is 15.5 Å². The lowest BCUT2D eigenvalue weighted by Gasteiger charge is -2.30. The van der Waals surface area contributed by atoms with Crippen molar-refractivity contribution in [1.29, 1.82) is 0 Å². The first kappa shape index (κ1) is 27.1. The van der Waals surface area contributed by atoms with Gasteiger partial charge in [0.25, 0.3) is 0 Å². The van der Waals surface area contributed by atoms with Crippen LogP contribution in [-0.2, 0) is 16.4 Å². The number of guanidine groups is 1. The maximum Gasteiger partial charge on any atom is 0.191 e. The van der Waals surface area contributed by atoms with Crippen LogP contribution in [0.3, 0.4) is 0 Å². The third kappa shape index (κ3) is 9.09. The summed E-state index contributed by atoms with van der Waals surface area (Å²) in [5.74, 6) is 0.750. The third-order valence-electron chi connectivity index (χ3n) is 4.53. The van der Waals surface area contributed by atoms with Gasteiger partial charge in [-0.15, -0.1) is 24.0 Å². The molecule has 0 bridgehead atoms. The molecule has 0 spiro atoms. The summed E-state index contributed by atoms with van der Waals surface area (Å²) in [7, 11) is -1.43. The molecular weight excluding hydrogens is 487 g/mol. The van der Waals surface area contributed by atoms with Gasteiger partial charge in [0.15, 0.2) is 15.8 Å². The van der Waals surface area contributed by atoms with E-state index >= 15 is 0 Å². The summed E-state index contributed by atoms with van der Waals surface area (Å²) < 4.78 is 23.4. The molecular formula is C20H37IN4O2S. The molecule has 0 heterocycles. The highest BCUT2D eigenvalue weighted by Gasteiger charge is 2.13. The fraction of sp³-hybridized carbons (Fsp3) is 0.650. The summed E-state index contributed by atoms with van der Waals surface area (Å²) in [6.45, 7) is 13.2. The standard InChI is InChI=1S/C20H36N4O2S.HI/c1-15(2)24(16(3)4)12-8-11-22-20(21-6)23-14-18-9-10-19(17(5)13-18)27(7,25)26;/h9-10,13,15-16H,8,11-12,14H2,1-7H3,(H2,21,22,23);1H. The van der Waals surface area contributed by atoms with Gasteiger partial charge in [0, 0.05) is 45.0 Å². The van der Waals surface area contributed by atoms with Crippen molar-refractivity contribution in [3.05, 3.63) is 29.3 Å². The van der Waals surface area contributed by atoms with Gasteiger partial charge in [0.05, 0.1) is 4.90 Å². The molecule has 0 aromatic heterocycles. The summed E-state index contributed by atoms with van der Waals surface area (Å²) in [5.41, 5.74) is 1.79. The minimum Gasteiger partial charge on any atom is -0.356 e. The van der Waals surface area contributed by atoms with Gasteiger partial charge in [-0.2, -0.15) is 0 Å². The second kappa shape index (κ2) is 12.6. The molecule has 0 saturated heterocycles. The molecule has 0 aliphatic carbocycles. The highest BCUT2D eigenvalue weighted by Crippen LogP contribution is 2.16. The molecule has 8 heteroatoms. The van der Waals surface area contributed by atoms with E-state index in [9.17, 15) is 8.42 Å². The van der Waals surface area contributed by atoms with Crippen molar-refractivity contribution in [3.63, 3.8) is 0 Å². The molecule has 0 unspecified atom stereocenters. The van der Waals surface area contributed by atoms with Gasteiger partial charge >= 0.3 is 0 Å². The van der Waals surface area contributed by atoms with Crippen LogP contribution in [0.1, 0.15) is 45.2 Å². The van der Waals surface area contributed by atoms with Gasteiger partial charge in [0.1, 0.15) is 0 Å². The molecule has 162 valence electrons. The van der Waals surface area contributed by atoms with Crippen molar-refractivity contribution < 1.29 is 8.42 Å². The minimum atomic E-state index is -3.18. The molecule has 28 heavy (non-hydrogen) atoms. The van der Waals surface area contributed by atoms with E-state index in [1.807, 2.05) is 19.1 Å². The zero-order valence-corrected chi connectivity index (χ0v) is 21.4. The van der Waals surface area contributed by atoms with E-state index < -0.39 is 9.84 Å². The maximum absolute atomic E-state index is 11.7. The van der Waals surface area contributed by atoms with Crippen LogP contribution in [0.25, 0.3) is 0 Å². The predicted molar refractivity (Wildman–Crippen MR) is 130 cm³/mol. The second-order valence-electron chi connectivity index (χ2n) is 7.50. The number of sulfone groups is 1. The van der Waals surface area contributed by atoms with E-state index in [1.54, 1.807) is 13.1 Å². The molecule has 0 atom stereocenters.